The second-order valence-corrected chi connectivity index (χ2v) is 8.42. The third-order valence-corrected chi connectivity index (χ3v) is 7.26. The first-order valence-electron chi connectivity index (χ1n) is 4.45. The molecule has 0 amide bonds. The third-order valence-electron chi connectivity index (χ3n) is 2.93. The molecule has 1 rings (SSSR count). The van der Waals surface area contributed by atoms with Crippen LogP contribution in [0.3, 0.4) is 0 Å². The van der Waals surface area contributed by atoms with Crippen LogP contribution in [0.1, 0.15) is 13.8 Å². The quantitative estimate of drug-likeness (QED) is 0.604. The van der Waals surface area contributed by atoms with Gasteiger partial charge in [-0.3, -0.25) is 0 Å². The first-order valence-corrected chi connectivity index (χ1v) is 6.89. The zero-order valence-corrected chi connectivity index (χ0v) is 8.80. The Hall–Kier alpha value is 0.350. The maximum atomic E-state index is 10.2. The van der Waals surface area contributed by atoms with E-state index < -0.39 is 7.49 Å². The van der Waals surface area contributed by atoms with Crippen LogP contribution >= 0.6 is 7.49 Å². The van der Waals surface area contributed by atoms with Crippen molar-refractivity contribution >= 4 is 7.49 Å². The van der Waals surface area contributed by atoms with Crippen LogP contribution in [0.2, 0.25) is 0 Å². The van der Waals surface area contributed by atoms with Crippen molar-refractivity contribution in [2.75, 3.05) is 32.5 Å². The van der Waals surface area contributed by atoms with Crippen molar-refractivity contribution in [3.8, 4) is 0 Å². The molecule has 1 N–H and O–H groups in total. The molecule has 0 aromatic carbocycles. The third kappa shape index (κ3) is 2.14. The predicted molar refractivity (Wildman–Crippen MR) is 52.9 cm³/mol. The molecule has 0 saturated carbocycles. The van der Waals surface area contributed by atoms with Gasteiger partial charge in [-0.1, -0.05) is 0 Å². The van der Waals surface area contributed by atoms with Crippen molar-refractivity contribution in [1.29, 1.82) is 0 Å². The van der Waals surface area contributed by atoms with Gasteiger partial charge in [0.05, 0.1) is 0 Å². The summed E-state index contributed by atoms with van der Waals surface area (Å²) in [6, 6.07) is 0. The van der Waals surface area contributed by atoms with Crippen LogP contribution in [0.4, 0.5) is 0 Å². The van der Waals surface area contributed by atoms with Crippen LogP contribution in [0, 0.1) is 0 Å². The molecule has 0 aromatic heterocycles. The van der Waals surface area contributed by atoms with Crippen molar-refractivity contribution in [3.05, 3.63) is 0 Å². The van der Waals surface area contributed by atoms with Crippen LogP contribution in [-0.2, 0) is 0 Å². The van der Waals surface area contributed by atoms with Crippen molar-refractivity contribution in [2.24, 2.45) is 0 Å². The molecule has 3 heteroatoms. The molecular weight excluding hydrogens is 157 g/mol. The molecular formula is C8H20NOP. The van der Waals surface area contributed by atoms with Crippen LogP contribution in [-0.4, -0.2) is 47.9 Å². The molecule has 0 spiro atoms. The van der Waals surface area contributed by atoms with E-state index >= 15 is 0 Å². The van der Waals surface area contributed by atoms with Crippen molar-refractivity contribution in [2.45, 2.75) is 19.5 Å². The zero-order chi connectivity index (χ0) is 8.48. The summed E-state index contributed by atoms with van der Waals surface area (Å²) < 4.78 is 0. The summed E-state index contributed by atoms with van der Waals surface area (Å²) in [7, 11) is 0.336. The molecule has 0 aromatic rings. The van der Waals surface area contributed by atoms with E-state index in [2.05, 4.69) is 25.8 Å². The molecule has 0 atom stereocenters. The van der Waals surface area contributed by atoms with Gasteiger partial charge in [-0.2, -0.15) is 0 Å². The molecule has 0 bridgehead atoms. The molecule has 1 saturated heterocycles. The summed E-state index contributed by atoms with van der Waals surface area (Å²) in [5, 5.41) is 0. The van der Waals surface area contributed by atoms with E-state index in [0.717, 1.165) is 25.4 Å². The van der Waals surface area contributed by atoms with E-state index in [4.69, 9.17) is 0 Å². The van der Waals surface area contributed by atoms with E-state index in [-0.39, 0.29) is 0 Å². The molecule has 1 heterocycles. The number of hydrogen-bond acceptors (Lipinski definition) is 2. The molecule has 68 valence electrons. The summed E-state index contributed by atoms with van der Waals surface area (Å²) in [5.74, 6) is 0. The minimum absolute atomic E-state index is 0.538. The first kappa shape index (κ1) is 9.44. The molecule has 1 aliphatic rings. The van der Waals surface area contributed by atoms with Crippen molar-refractivity contribution < 1.29 is 4.89 Å². The molecule has 0 radical (unpaired) electrons. The van der Waals surface area contributed by atoms with Gasteiger partial charge in [-0.15, -0.1) is 0 Å². The zero-order valence-electron chi connectivity index (χ0n) is 7.80. The second-order valence-electron chi connectivity index (χ2n) is 4.06. The maximum absolute atomic E-state index is 10.2. The molecule has 1 fully saturated rings. The topological polar surface area (TPSA) is 23.5 Å². The van der Waals surface area contributed by atoms with E-state index in [1.54, 1.807) is 0 Å². The van der Waals surface area contributed by atoms with Crippen molar-refractivity contribution in [3.63, 3.8) is 0 Å². The summed E-state index contributed by atoms with van der Waals surface area (Å²) in [6.07, 6.45) is 2.14. The first-order chi connectivity index (χ1) is 5.04. The Morgan fingerprint density at radius 1 is 1.27 bits per heavy atom. The fourth-order valence-electron chi connectivity index (χ4n) is 1.58. The van der Waals surface area contributed by atoms with Gasteiger partial charge in [-0.05, 0) is 0 Å². The minimum atomic E-state index is -1.80. The fourth-order valence-corrected chi connectivity index (χ4v) is 4.53. The van der Waals surface area contributed by atoms with E-state index in [0.29, 0.717) is 5.66 Å². The Morgan fingerprint density at radius 2 is 1.73 bits per heavy atom. The van der Waals surface area contributed by atoms with E-state index in [1.807, 2.05) is 0 Å². The Kier molecular flexibility index (Phi) is 2.90. The summed E-state index contributed by atoms with van der Waals surface area (Å²) in [4.78, 5) is 12.5. The average molecular weight is 177 g/mol. The number of rotatable bonds is 1. The monoisotopic (exact) mass is 177 g/mol. The molecule has 2 nitrogen and oxygen atoms in total. The van der Waals surface area contributed by atoms with Crippen LogP contribution in [0.5, 0.6) is 0 Å². The summed E-state index contributed by atoms with van der Waals surface area (Å²) in [5.41, 5.74) is 0.538. The molecule has 1 aliphatic heterocycles. The Labute approximate surface area is 70.0 Å². The van der Waals surface area contributed by atoms with Gasteiger partial charge in [0.1, 0.15) is 0 Å². The van der Waals surface area contributed by atoms with Gasteiger partial charge in [-0.25, -0.2) is 0 Å². The number of nitrogens with zero attached hydrogens (tertiary/aromatic N) is 1. The Bertz CT molecular complexity index is 130. The van der Waals surface area contributed by atoms with Crippen LogP contribution in [0.25, 0.3) is 0 Å². The van der Waals surface area contributed by atoms with Crippen LogP contribution in [0.15, 0.2) is 0 Å². The summed E-state index contributed by atoms with van der Waals surface area (Å²) >= 11 is 0. The Morgan fingerprint density at radius 3 is 2.09 bits per heavy atom. The standard InChI is InChI=1S/C8H20NOP/c1-8(2)11(10)6-4-9(3)5-7-11/h8,10-11H,4-7H2,1-3H3. The van der Waals surface area contributed by atoms with Crippen LogP contribution < -0.4 is 0 Å². The van der Waals surface area contributed by atoms with Gasteiger partial charge in [0.15, 0.2) is 0 Å². The van der Waals surface area contributed by atoms with Gasteiger partial charge in [0.25, 0.3) is 0 Å². The average Bonchev–Trinajstić information content (AvgIpc) is 1.95. The van der Waals surface area contributed by atoms with Crippen molar-refractivity contribution in [1.82, 2.24) is 4.90 Å². The van der Waals surface area contributed by atoms with Gasteiger partial charge in [0.2, 0.25) is 0 Å². The predicted octanol–water partition coefficient (Wildman–Crippen LogP) is 0.997. The van der Waals surface area contributed by atoms with E-state index in [9.17, 15) is 4.89 Å². The van der Waals surface area contributed by atoms with Gasteiger partial charge >= 0.3 is 69.3 Å². The summed E-state index contributed by atoms with van der Waals surface area (Å²) in [6.45, 7) is 6.52. The number of hydrogen-bond donors (Lipinski definition) is 1. The second kappa shape index (κ2) is 3.38. The normalized spacial score (nSPS) is 28.8. The SMILES string of the molecule is CC(C)[PH]1(O)CCN(C)CC1. The molecule has 0 unspecified atom stereocenters. The Balaban J connectivity index is 2.48. The van der Waals surface area contributed by atoms with Gasteiger partial charge < -0.3 is 0 Å². The fraction of sp³-hybridized carbons (Fsp3) is 1.00. The van der Waals surface area contributed by atoms with E-state index in [1.165, 1.54) is 0 Å². The molecule has 11 heavy (non-hydrogen) atoms. The van der Waals surface area contributed by atoms with Gasteiger partial charge in [0, 0.05) is 0 Å². The molecule has 0 aliphatic carbocycles.